The van der Waals surface area contributed by atoms with E-state index >= 15 is 0 Å². The minimum atomic E-state index is -0.107. The molecule has 1 rings (SSSR count). The summed E-state index contributed by atoms with van der Waals surface area (Å²) in [6.45, 7) is 6.43. The fourth-order valence-corrected chi connectivity index (χ4v) is 2.25. The first-order chi connectivity index (χ1) is 7.76. The predicted octanol–water partition coefficient (Wildman–Crippen LogP) is 0.530. The van der Waals surface area contributed by atoms with Gasteiger partial charge in [0.1, 0.15) is 0 Å². The van der Waals surface area contributed by atoms with Crippen LogP contribution in [0.3, 0.4) is 0 Å². The van der Waals surface area contributed by atoms with Crippen molar-refractivity contribution in [3.8, 4) is 0 Å². The van der Waals surface area contributed by atoms with Crippen LogP contribution < -0.4 is 0 Å². The summed E-state index contributed by atoms with van der Waals surface area (Å²) >= 11 is 1.90. The molecule has 0 radical (unpaired) electrons. The van der Waals surface area contributed by atoms with Crippen molar-refractivity contribution in [1.82, 2.24) is 9.80 Å². The lowest BCUT2D eigenvalue weighted by atomic mass is 10.3. The van der Waals surface area contributed by atoms with Gasteiger partial charge in [0.15, 0.2) is 0 Å². The summed E-state index contributed by atoms with van der Waals surface area (Å²) in [5.41, 5.74) is 0. The predicted molar refractivity (Wildman–Crippen MR) is 67.9 cm³/mol. The largest absolute Gasteiger partial charge is 0.469 e. The zero-order chi connectivity index (χ0) is 11.8. The number of nitrogens with zero attached hydrogens (tertiary/aromatic N) is 2. The quantitative estimate of drug-likeness (QED) is 0.639. The van der Waals surface area contributed by atoms with Crippen LogP contribution in [0.4, 0.5) is 0 Å². The van der Waals surface area contributed by atoms with E-state index in [1.165, 1.54) is 19.4 Å². The summed E-state index contributed by atoms with van der Waals surface area (Å²) in [6, 6.07) is 0. The molecule has 0 bridgehead atoms. The summed E-state index contributed by atoms with van der Waals surface area (Å²) in [5, 5.41) is 0. The summed E-state index contributed by atoms with van der Waals surface area (Å²) < 4.78 is 4.64. The van der Waals surface area contributed by atoms with Crippen molar-refractivity contribution < 1.29 is 9.53 Å². The number of ether oxygens (including phenoxy) is 1. The van der Waals surface area contributed by atoms with E-state index in [2.05, 4.69) is 20.8 Å². The van der Waals surface area contributed by atoms with Crippen LogP contribution >= 0.6 is 11.8 Å². The minimum absolute atomic E-state index is 0.107. The van der Waals surface area contributed by atoms with Crippen molar-refractivity contribution in [3.63, 3.8) is 0 Å². The van der Waals surface area contributed by atoms with Crippen molar-refractivity contribution in [2.75, 3.05) is 58.4 Å². The number of hydrogen-bond donors (Lipinski definition) is 0. The Labute approximate surface area is 102 Å². The second kappa shape index (κ2) is 7.92. The van der Waals surface area contributed by atoms with Gasteiger partial charge in [-0.05, 0) is 6.26 Å². The topological polar surface area (TPSA) is 32.8 Å². The molecule has 1 aliphatic heterocycles. The van der Waals surface area contributed by atoms with Gasteiger partial charge in [-0.15, -0.1) is 0 Å². The Morgan fingerprint density at radius 2 is 1.75 bits per heavy atom. The molecule has 0 unspecified atom stereocenters. The Morgan fingerprint density at radius 3 is 2.25 bits per heavy atom. The number of carbonyl (C=O) groups is 1. The molecule has 0 amide bonds. The molecule has 1 saturated heterocycles. The molecular formula is C11H22N2O2S. The van der Waals surface area contributed by atoms with Gasteiger partial charge in [0, 0.05) is 45.0 Å². The van der Waals surface area contributed by atoms with Gasteiger partial charge in [0.2, 0.25) is 0 Å². The summed E-state index contributed by atoms with van der Waals surface area (Å²) in [7, 11) is 1.45. The van der Waals surface area contributed by atoms with Crippen LogP contribution in [0.25, 0.3) is 0 Å². The van der Waals surface area contributed by atoms with E-state index in [4.69, 9.17) is 0 Å². The van der Waals surface area contributed by atoms with Gasteiger partial charge in [0.05, 0.1) is 13.5 Å². The summed E-state index contributed by atoms with van der Waals surface area (Å²) in [4.78, 5) is 15.8. The first-order valence-corrected chi connectivity index (χ1v) is 7.16. The molecule has 16 heavy (non-hydrogen) atoms. The molecule has 5 heteroatoms. The summed E-state index contributed by atoms with van der Waals surface area (Å²) in [5.74, 6) is 1.10. The molecule has 0 aromatic rings. The van der Waals surface area contributed by atoms with Gasteiger partial charge in [-0.2, -0.15) is 11.8 Å². The molecule has 1 heterocycles. The maximum atomic E-state index is 11.0. The molecule has 0 aliphatic carbocycles. The number of hydrogen-bond acceptors (Lipinski definition) is 5. The zero-order valence-corrected chi connectivity index (χ0v) is 11.1. The first kappa shape index (κ1) is 13.8. The number of carbonyl (C=O) groups excluding carboxylic acids is 1. The number of piperazine rings is 1. The van der Waals surface area contributed by atoms with Crippen molar-refractivity contribution >= 4 is 17.7 Å². The highest BCUT2D eigenvalue weighted by atomic mass is 32.2. The number of thioether (sulfide) groups is 1. The monoisotopic (exact) mass is 246 g/mol. The van der Waals surface area contributed by atoms with E-state index in [0.29, 0.717) is 6.42 Å². The van der Waals surface area contributed by atoms with Crippen LogP contribution in [0.1, 0.15) is 6.42 Å². The van der Waals surface area contributed by atoms with E-state index in [9.17, 15) is 4.79 Å². The minimum Gasteiger partial charge on any atom is -0.469 e. The Bertz CT molecular complexity index is 206. The van der Waals surface area contributed by atoms with Gasteiger partial charge < -0.3 is 9.64 Å². The smallest absolute Gasteiger partial charge is 0.306 e. The second-order valence-corrected chi connectivity index (χ2v) is 4.99. The molecule has 0 spiro atoms. The fourth-order valence-electron chi connectivity index (χ4n) is 1.81. The van der Waals surface area contributed by atoms with E-state index in [1.807, 2.05) is 11.8 Å². The van der Waals surface area contributed by atoms with Gasteiger partial charge >= 0.3 is 5.97 Å². The van der Waals surface area contributed by atoms with Gasteiger partial charge in [-0.25, -0.2) is 0 Å². The van der Waals surface area contributed by atoms with Crippen LogP contribution in [0.15, 0.2) is 0 Å². The second-order valence-electron chi connectivity index (χ2n) is 4.00. The van der Waals surface area contributed by atoms with Crippen LogP contribution in [0.2, 0.25) is 0 Å². The average Bonchev–Trinajstić information content (AvgIpc) is 2.34. The molecule has 0 N–H and O–H groups in total. The van der Waals surface area contributed by atoms with Crippen molar-refractivity contribution in [2.24, 2.45) is 0 Å². The van der Waals surface area contributed by atoms with E-state index in [1.54, 1.807) is 0 Å². The lowest BCUT2D eigenvalue weighted by Crippen LogP contribution is -2.47. The van der Waals surface area contributed by atoms with Gasteiger partial charge in [-0.3, -0.25) is 9.69 Å². The molecule has 1 fully saturated rings. The molecule has 0 aromatic carbocycles. The van der Waals surface area contributed by atoms with Crippen LogP contribution in [-0.2, 0) is 9.53 Å². The van der Waals surface area contributed by atoms with E-state index in [-0.39, 0.29) is 5.97 Å². The van der Waals surface area contributed by atoms with Gasteiger partial charge in [0.25, 0.3) is 0 Å². The Balaban J connectivity index is 2.09. The van der Waals surface area contributed by atoms with E-state index < -0.39 is 0 Å². The normalized spacial score (nSPS) is 18.6. The number of methoxy groups -OCH3 is 1. The highest BCUT2D eigenvalue weighted by Crippen LogP contribution is 2.04. The van der Waals surface area contributed by atoms with Crippen molar-refractivity contribution in [2.45, 2.75) is 6.42 Å². The maximum Gasteiger partial charge on any atom is 0.306 e. The molecule has 94 valence electrons. The van der Waals surface area contributed by atoms with Gasteiger partial charge in [-0.1, -0.05) is 0 Å². The molecular weight excluding hydrogens is 224 g/mol. The van der Waals surface area contributed by atoms with Crippen molar-refractivity contribution in [3.05, 3.63) is 0 Å². The molecule has 0 atom stereocenters. The molecule has 0 aromatic heterocycles. The Hall–Kier alpha value is -0.260. The lowest BCUT2D eigenvalue weighted by molar-refractivity contribution is -0.141. The van der Waals surface area contributed by atoms with Crippen molar-refractivity contribution in [1.29, 1.82) is 0 Å². The molecule has 4 nitrogen and oxygen atoms in total. The fraction of sp³-hybridized carbons (Fsp3) is 0.909. The Kier molecular flexibility index (Phi) is 6.84. The van der Waals surface area contributed by atoms with Crippen LogP contribution in [0.5, 0.6) is 0 Å². The maximum absolute atomic E-state index is 11.0. The third kappa shape index (κ3) is 5.18. The highest BCUT2D eigenvalue weighted by molar-refractivity contribution is 7.98. The van der Waals surface area contributed by atoms with Crippen LogP contribution in [-0.4, -0.2) is 74.2 Å². The zero-order valence-electron chi connectivity index (χ0n) is 10.3. The SMILES string of the molecule is COC(=O)CCN1CCN(CCSC)CC1. The molecule has 1 aliphatic rings. The van der Waals surface area contributed by atoms with Crippen LogP contribution in [0, 0.1) is 0 Å². The average molecular weight is 246 g/mol. The molecule has 0 saturated carbocycles. The van der Waals surface area contributed by atoms with E-state index in [0.717, 1.165) is 32.7 Å². The standard InChI is InChI=1S/C11H22N2O2S/c1-15-11(14)3-4-12-5-7-13(8-6-12)9-10-16-2/h3-10H2,1-2H3. The first-order valence-electron chi connectivity index (χ1n) is 5.76. The third-order valence-electron chi connectivity index (χ3n) is 2.94. The Morgan fingerprint density at radius 1 is 1.19 bits per heavy atom. The number of esters is 1. The highest BCUT2D eigenvalue weighted by Gasteiger charge is 2.16. The number of rotatable bonds is 6. The lowest BCUT2D eigenvalue weighted by Gasteiger charge is -2.34. The summed E-state index contributed by atoms with van der Waals surface area (Å²) in [6.07, 6.45) is 2.66. The third-order valence-corrected chi connectivity index (χ3v) is 3.53.